The minimum absolute atomic E-state index is 0.0173. The maximum absolute atomic E-state index is 12.8. The van der Waals surface area contributed by atoms with Crippen LogP contribution in [0.25, 0.3) is 0 Å². The summed E-state index contributed by atoms with van der Waals surface area (Å²) in [6, 6.07) is 0. The summed E-state index contributed by atoms with van der Waals surface area (Å²) in [6.07, 6.45) is 0.277. The van der Waals surface area contributed by atoms with Crippen LogP contribution >= 0.6 is 0 Å². The van der Waals surface area contributed by atoms with Crippen molar-refractivity contribution in [3.05, 3.63) is 17.0 Å². The first kappa shape index (κ1) is 17.7. The summed E-state index contributed by atoms with van der Waals surface area (Å²) in [4.78, 5) is 30.7. The Morgan fingerprint density at radius 1 is 1.08 bits per heavy atom. The van der Waals surface area contributed by atoms with Crippen molar-refractivity contribution < 1.29 is 14.3 Å². The van der Waals surface area contributed by atoms with E-state index in [4.69, 9.17) is 4.74 Å². The van der Waals surface area contributed by atoms with Gasteiger partial charge in [0.05, 0.1) is 12.2 Å². The molecule has 2 amide bonds. The van der Waals surface area contributed by atoms with Crippen LogP contribution in [-0.2, 0) is 17.7 Å². The zero-order valence-corrected chi connectivity index (χ0v) is 15.5. The van der Waals surface area contributed by atoms with Crippen LogP contribution in [0.2, 0.25) is 0 Å². The van der Waals surface area contributed by atoms with Gasteiger partial charge in [-0.15, -0.1) is 0 Å². The van der Waals surface area contributed by atoms with Gasteiger partial charge >= 0.3 is 6.09 Å². The number of nitrogens with zero attached hydrogens (tertiary/aromatic N) is 4. The Morgan fingerprint density at radius 3 is 2.40 bits per heavy atom. The number of aromatic amines is 1. The fraction of sp³-hybridized carbons (Fsp3) is 0.706. The molecule has 1 aromatic heterocycles. The van der Waals surface area contributed by atoms with E-state index in [-0.39, 0.29) is 12.0 Å². The number of hydrogen-bond acceptors (Lipinski definition) is 5. The van der Waals surface area contributed by atoms with E-state index in [1.165, 1.54) is 0 Å². The average Bonchev–Trinajstić information content (AvgIpc) is 2.96. The van der Waals surface area contributed by atoms with Crippen LogP contribution in [0.3, 0.4) is 0 Å². The topological polar surface area (TPSA) is 81.8 Å². The largest absolute Gasteiger partial charge is 0.444 e. The van der Waals surface area contributed by atoms with E-state index in [2.05, 4.69) is 22.1 Å². The van der Waals surface area contributed by atoms with Crippen LogP contribution in [0.15, 0.2) is 0 Å². The molecule has 3 heterocycles. The van der Waals surface area contributed by atoms with Crippen LogP contribution in [0.4, 0.5) is 4.79 Å². The molecule has 0 aromatic carbocycles. The standard InChI is InChI=1S/C17H27N5O3/c1-17(2,3)25-16(24)22-6-5-12-13(11-22)18-19-14(12)15(23)21-9-7-20(4)8-10-21/h5-11H2,1-4H3,(H,18,19). The van der Waals surface area contributed by atoms with Gasteiger partial charge in [0, 0.05) is 38.3 Å². The van der Waals surface area contributed by atoms with E-state index in [1.807, 2.05) is 25.7 Å². The number of carbonyl (C=O) groups is 2. The highest BCUT2D eigenvalue weighted by Gasteiger charge is 2.31. The first-order valence-corrected chi connectivity index (χ1v) is 8.76. The molecule has 2 aliphatic rings. The van der Waals surface area contributed by atoms with Gasteiger partial charge in [0.1, 0.15) is 5.60 Å². The van der Waals surface area contributed by atoms with Gasteiger partial charge in [-0.3, -0.25) is 9.89 Å². The number of rotatable bonds is 1. The fourth-order valence-corrected chi connectivity index (χ4v) is 3.14. The summed E-state index contributed by atoms with van der Waals surface area (Å²) in [6.45, 7) is 9.69. The molecule has 1 N–H and O–H groups in total. The molecule has 0 unspecified atom stereocenters. The van der Waals surface area contributed by atoms with E-state index < -0.39 is 5.60 Å². The van der Waals surface area contributed by atoms with E-state index >= 15 is 0 Å². The normalized spacial score (nSPS) is 18.9. The van der Waals surface area contributed by atoms with Gasteiger partial charge in [0.2, 0.25) is 0 Å². The number of ether oxygens (including phenoxy) is 1. The van der Waals surface area contributed by atoms with Gasteiger partial charge in [-0.1, -0.05) is 0 Å². The first-order chi connectivity index (χ1) is 11.7. The van der Waals surface area contributed by atoms with Gasteiger partial charge in [0.15, 0.2) is 5.69 Å². The molecular weight excluding hydrogens is 322 g/mol. The van der Waals surface area contributed by atoms with Crippen LogP contribution in [0.1, 0.15) is 42.5 Å². The van der Waals surface area contributed by atoms with Crippen LogP contribution in [-0.4, -0.2) is 82.3 Å². The Morgan fingerprint density at radius 2 is 1.76 bits per heavy atom. The van der Waals surface area contributed by atoms with E-state index in [1.54, 1.807) is 4.90 Å². The molecule has 0 atom stereocenters. The number of amides is 2. The quantitative estimate of drug-likeness (QED) is 0.821. The number of H-pyrrole nitrogens is 1. The first-order valence-electron chi connectivity index (χ1n) is 8.76. The Bertz CT molecular complexity index is 656. The highest BCUT2D eigenvalue weighted by atomic mass is 16.6. The number of carbonyl (C=O) groups excluding carboxylic acids is 2. The van der Waals surface area contributed by atoms with Crippen LogP contribution in [0.5, 0.6) is 0 Å². The van der Waals surface area contributed by atoms with Crippen LogP contribution in [0, 0.1) is 0 Å². The Balaban J connectivity index is 1.68. The lowest BCUT2D eigenvalue weighted by molar-refractivity contribution is 0.0221. The van der Waals surface area contributed by atoms with Gasteiger partial charge in [0.25, 0.3) is 5.91 Å². The lowest BCUT2D eigenvalue weighted by Crippen LogP contribution is -2.47. The molecule has 1 saturated heterocycles. The summed E-state index contributed by atoms with van der Waals surface area (Å²) in [5, 5.41) is 7.20. The Hall–Kier alpha value is -2.09. The zero-order valence-electron chi connectivity index (χ0n) is 15.5. The van der Waals surface area contributed by atoms with Crippen molar-refractivity contribution in [1.82, 2.24) is 24.9 Å². The van der Waals surface area contributed by atoms with Gasteiger partial charge in [-0.2, -0.15) is 5.10 Å². The fourth-order valence-electron chi connectivity index (χ4n) is 3.14. The van der Waals surface area contributed by atoms with Crippen molar-refractivity contribution in [3.8, 4) is 0 Å². The molecule has 0 bridgehead atoms. The molecule has 0 aliphatic carbocycles. The third kappa shape index (κ3) is 3.95. The number of hydrogen-bond donors (Lipinski definition) is 1. The molecule has 0 saturated carbocycles. The van der Waals surface area contributed by atoms with Gasteiger partial charge in [-0.05, 0) is 34.2 Å². The third-order valence-corrected chi connectivity index (χ3v) is 4.58. The van der Waals surface area contributed by atoms with E-state index in [0.717, 1.165) is 37.4 Å². The maximum Gasteiger partial charge on any atom is 0.410 e. The van der Waals surface area contributed by atoms with Crippen molar-refractivity contribution >= 4 is 12.0 Å². The summed E-state index contributed by atoms with van der Waals surface area (Å²) >= 11 is 0. The SMILES string of the molecule is CN1CCN(C(=O)c2n[nH]c3c2CCN(C(=O)OC(C)(C)C)C3)CC1. The number of aromatic nitrogens is 2. The lowest BCUT2D eigenvalue weighted by Gasteiger charge is -2.32. The summed E-state index contributed by atoms with van der Waals surface area (Å²) in [7, 11) is 2.06. The number of likely N-dealkylation sites (N-methyl/N-ethyl adjacent to an activating group) is 1. The number of nitrogens with one attached hydrogen (secondary N) is 1. The van der Waals surface area contributed by atoms with E-state index in [0.29, 0.717) is 25.2 Å². The average molecular weight is 349 g/mol. The zero-order chi connectivity index (χ0) is 18.2. The molecule has 25 heavy (non-hydrogen) atoms. The number of piperazine rings is 1. The summed E-state index contributed by atoms with van der Waals surface area (Å²) in [5.74, 6) is -0.0173. The molecule has 0 spiro atoms. The lowest BCUT2D eigenvalue weighted by atomic mass is 10.0. The monoisotopic (exact) mass is 349 g/mol. The minimum atomic E-state index is -0.520. The smallest absolute Gasteiger partial charge is 0.410 e. The van der Waals surface area contributed by atoms with Crippen molar-refractivity contribution in [2.45, 2.75) is 39.3 Å². The summed E-state index contributed by atoms with van der Waals surface area (Å²) < 4.78 is 5.42. The van der Waals surface area contributed by atoms with Gasteiger partial charge < -0.3 is 19.4 Å². The molecule has 3 rings (SSSR count). The second-order valence-electron chi connectivity index (χ2n) is 7.78. The second kappa shape index (κ2) is 6.67. The van der Waals surface area contributed by atoms with Crippen molar-refractivity contribution in [3.63, 3.8) is 0 Å². The van der Waals surface area contributed by atoms with Gasteiger partial charge in [-0.25, -0.2) is 4.79 Å². The van der Waals surface area contributed by atoms with Crippen molar-refractivity contribution in [2.24, 2.45) is 0 Å². The second-order valence-corrected chi connectivity index (χ2v) is 7.78. The molecule has 2 aliphatic heterocycles. The number of fused-ring (bicyclic) bond motifs is 1. The molecule has 1 aromatic rings. The van der Waals surface area contributed by atoms with Crippen LogP contribution < -0.4 is 0 Å². The molecule has 8 heteroatoms. The predicted molar refractivity (Wildman–Crippen MR) is 92.3 cm³/mol. The highest BCUT2D eigenvalue weighted by Crippen LogP contribution is 2.23. The molecule has 8 nitrogen and oxygen atoms in total. The Kier molecular flexibility index (Phi) is 4.73. The molecule has 138 valence electrons. The van der Waals surface area contributed by atoms with E-state index in [9.17, 15) is 9.59 Å². The molecular formula is C17H27N5O3. The Labute approximate surface area is 148 Å². The predicted octanol–water partition coefficient (Wildman–Crippen LogP) is 1.09. The third-order valence-electron chi connectivity index (χ3n) is 4.58. The van der Waals surface area contributed by atoms with Crippen molar-refractivity contribution in [2.75, 3.05) is 39.8 Å². The summed E-state index contributed by atoms with van der Waals surface area (Å²) in [5.41, 5.74) is 1.75. The highest BCUT2D eigenvalue weighted by molar-refractivity contribution is 5.94. The maximum atomic E-state index is 12.8. The molecule has 1 fully saturated rings. The van der Waals surface area contributed by atoms with Crippen molar-refractivity contribution in [1.29, 1.82) is 0 Å². The molecule has 0 radical (unpaired) electrons. The minimum Gasteiger partial charge on any atom is -0.444 e.